The fourth-order valence-corrected chi connectivity index (χ4v) is 3.37. The lowest BCUT2D eigenvalue weighted by Crippen LogP contribution is -2.13. The van der Waals surface area contributed by atoms with Gasteiger partial charge in [0.05, 0.1) is 23.4 Å². The van der Waals surface area contributed by atoms with Gasteiger partial charge in [-0.25, -0.2) is 14.6 Å². The van der Waals surface area contributed by atoms with Gasteiger partial charge >= 0.3 is 0 Å². The molecule has 26 heavy (non-hydrogen) atoms. The summed E-state index contributed by atoms with van der Waals surface area (Å²) in [5, 5.41) is 8.51. The number of pyridine rings is 1. The van der Waals surface area contributed by atoms with Crippen LogP contribution < -0.4 is 5.32 Å². The van der Waals surface area contributed by atoms with Crippen LogP contribution in [-0.2, 0) is 0 Å². The van der Waals surface area contributed by atoms with Gasteiger partial charge in [0.25, 0.3) is 5.91 Å². The van der Waals surface area contributed by atoms with E-state index in [4.69, 9.17) is 4.42 Å². The number of nitrogens with one attached hydrogen (secondary N) is 1. The van der Waals surface area contributed by atoms with Crippen molar-refractivity contribution in [1.29, 1.82) is 0 Å². The van der Waals surface area contributed by atoms with Crippen molar-refractivity contribution in [2.75, 3.05) is 5.32 Å². The van der Waals surface area contributed by atoms with Crippen molar-refractivity contribution in [2.45, 2.75) is 26.8 Å². The Labute approximate surface area is 153 Å². The highest BCUT2D eigenvalue weighted by atomic mass is 32.1. The number of fused-ring (bicyclic) bond motifs is 1. The Morgan fingerprint density at radius 3 is 2.85 bits per heavy atom. The molecule has 4 aromatic rings. The lowest BCUT2D eigenvalue weighted by Gasteiger charge is -2.09. The second-order valence-corrected chi connectivity index (χ2v) is 7.42. The van der Waals surface area contributed by atoms with Crippen LogP contribution in [0, 0.1) is 6.92 Å². The van der Waals surface area contributed by atoms with Crippen molar-refractivity contribution in [3.63, 3.8) is 0 Å². The zero-order chi connectivity index (χ0) is 18.3. The second-order valence-electron chi connectivity index (χ2n) is 6.18. The van der Waals surface area contributed by atoms with Gasteiger partial charge in [-0.2, -0.15) is 5.10 Å². The molecule has 132 valence electrons. The number of carbonyl (C=O) groups excluding carboxylic acids is 1. The molecular formula is C18H17N5O2S. The molecule has 0 saturated carbocycles. The van der Waals surface area contributed by atoms with E-state index in [0.29, 0.717) is 33.2 Å². The summed E-state index contributed by atoms with van der Waals surface area (Å²) >= 11 is 1.43. The van der Waals surface area contributed by atoms with E-state index < -0.39 is 0 Å². The molecular weight excluding hydrogens is 350 g/mol. The van der Waals surface area contributed by atoms with Gasteiger partial charge in [0.2, 0.25) is 0 Å². The molecule has 0 bridgehead atoms. The molecule has 0 saturated heterocycles. The third-order valence-corrected chi connectivity index (χ3v) is 4.74. The van der Waals surface area contributed by atoms with E-state index in [1.807, 2.05) is 26.8 Å². The van der Waals surface area contributed by atoms with Crippen LogP contribution in [0.1, 0.15) is 35.1 Å². The summed E-state index contributed by atoms with van der Waals surface area (Å²) in [4.78, 5) is 22.8. The number of aromatic nitrogens is 4. The van der Waals surface area contributed by atoms with Crippen LogP contribution in [0.3, 0.4) is 0 Å². The molecule has 0 unspecified atom stereocenters. The van der Waals surface area contributed by atoms with Crippen molar-refractivity contribution in [2.24, 2.45) is 0 Å². The highest BCUT2D eigenvalue weighted by Gasteiger charge is 2.20. The smallest absolute Gasteiger partial charge is 0.258 e. The number of rotatable bonds is 4. The average molecular weight is 367 g/mol. The molecule has 0 fully saturated rings. The minimum atomic E-state index is -0.247. The van der Waals surface area contributed by atoms with Crippen LogP contribution in [0.4, 0.5) is 5.13 Å². The van der Waals surface area contributed by atoms with E-state index in [1.165, 1.54) is 11.3 Å². The van der Waals surface area contributed by atoms with Gasteiger partial charge in [-0.1, -0.05) is 0 Å². The van der Waals surface area contributed by atoms with Crippen LogP contribution in [0.5, 0.6) is 0 Å². The lowest BCUT2D eigenvalue weighted by molar-refractivity contribution is 0.102. The number of thiazole rings is 1. The molecule has 0 aliphatic carbocycles. The van der Waals surface area contributed by atoms with Crippen molar-refractivity contribution in [3.05, 3.63) is 47.3 Å². The molecule has 0 aliphatic rings. The summed E-state index contributed by atoms with van der Waals surface area (Å²) in [5.41, 5.74) is 1.72. The van der Waals surface area contributed by atoms with E-state index in [0.717, 1.165) is 4.88 Å². The third kappa shape index (κ3) is 2.88. The molecule has 0 radical (unpaired) electrons. The Balaban J connectivity index is 1.85. The fraction of sp³-hybridized carbons (Fsp3) is 0.222. The molecule has 0 atom stereocenters. The molecule has 0 spiro atoms. The molecule has 7 nitrogen and oxygen atoms in total. The molecule has 1 amide bonds. The SMILES string of the molecule is Cc1cnc(NC(=O)c2cc(-c3ccco3)nc3c2cnn3C(C)C)s1. The summed E-state index contributed by atoms with van der Waals surface area (Å²) in [7, 11) is 0. The predicted molar refractivity (Wildman–Crippen MR) is 100 cm³/mol. The monoisotopic (exact) mass is 367 g/mol. The Hall–Kier alpha value is -3.00. The highest BCUT2D eigenvalue weighted by Crippen LogP contribution is 2.27. The largest absolute Gasteiger partial charge is 0.463 e. The molecule has 1 N–H and O–H groups in total. The number of amides is 1. The summed E-state index contributed by atoms with van der Waals surface area (Å²) < 4.78 is 7.27. The van der Waals surface area contributed by atoms with E-state index in [1.54, 1.807) is 35.5 Å². The first kappa shape index (κ1) is 16.5. The average Bonchev–Trinajstić information content (AvgIpc) is 3.33. The predicted octanol–water partition coefficient (Wildman–Crippen LogP) is 4.29. The van der Waals surface area contributed by atoms with Gasteiger partial charge in [-0.15, -0.1) is 11.3 Å². The first-order valence-electron chi connectivity index (χ1n) is 8.19. The summed E-state index contributed by atoms with van der Waals surface area (Å²) in [6.07, 6.45) is 4.99. The Morgan fingerprint density at radius 2 is 2.19 bits per heavy atom. The van der Waals surface area contributed by atoms with Crippen molar-refractivity contribution in [3.8, 4) is 11.5 Å². The maximum Gasteiger partial charge on any atom is 0.258 e. The number of hydrogen-bond donors (Lipinski definition) is 1. The number of hydrogen-bond acceptors (Lipinski definition) is 6. The maximum atomic E-state index is 12.9. The summed E-state index contributed by atoms with van der Waals surface area (Å²) in [6, 6.07) is 5.45. The first-order valence-corrected chi connectivity index (χ1v) is 9.00. The minimum absolute atomic E-state index is 0.115. The van der Waals surface area contributed by atoms with Gasteiger partial charge in [0.1, 0.15) is 5.69 Å². The van der Waals surface area contributed by atoms with Crippen LogP contribution in [0.25, 0.3) is 22.5 Å². The van der Waals surface area contributed by atoms with Crippen molar-refractivity contribution < 1.29 is 9.21 Å². The topological polar surface area (TPSA) is 85.8 Å². The molecule has 0 aliphatic heterocycles. The van der Waals surface area contributed by atoms with E-state index in [-0.39, 0.29) is 11.9 Å². The number of nitrogens with zero attached hydrogens (tertiary/aromatic N) is 4. The molecule has 4 aromatic heterocycles. The van der Waals surface area contributed by atoms with Crippen LogP contribution in [0.2, 0.25) is 0 Å². The molecule has 4 rings (SSSR count). The zero-order valence-corrected chi connectivity index (χ0v) is 15.4. The van der Waals surface area contributed by atoms with Crippen molar-refractivity contribution in [1.82, 2.24) is 19.7 Å². The highest BCUT2D eigenvalue weighted by molar-refractivity contribution is 7.15. The van der Waals surface area contributed by atoms with E-state index in [2.05, 4.69) is 20.4 Å². The van der Waals surface area contributed by atoms with Gasteiger partial charge in [0.15, 0.2) is 16.5 Å². The maximum absolute atomic E-state index is 12.9. The van der Waals surface area contributed by atoms with Crippen LogP contribution in [-0.4, -0.2) is 25.7 Å². The number of furan rings is 1. The Morgan fingerprint density at radius 1 is 1.35 bits per heavy atom. The second kappa shape index (κ2) is 6.38. The lowest BCUT2D eigenvalue weighted by atomic mass is 10.1. The molecule has 0 aromatic carbocycles. The number of anilines is 1. The van der Waals surface area contributed by atoms with Gasteiger partial charge in [0, 0.05) is 17.1 Å². The summed E-state index contributed by atoms with van der Waals surface area (Å²) in [5.74, 6) is 0.352. The first-order chi connectivity index (χ1) is 12.5. The number of aryl methyl sites for hydroxylation is 1. The zero-order valence-electron chi connectivity index (χ0n) is 14.6. The molecule has 8 heteroatoms. The summed E-state index contributed by atoms with van der Waals surface area (Å²) in [6.45, 7) is 5.98. The molecule has 4 heterocycles. The van der Waals surface area contributed by atoms with Gasteiger partial charge < -0.3 is 4.42 Å². The van der Waals surface area contributed by atoms with E-state index in [9.17, 15) is 4.79 Å². The third-order valence-electron chi connectivity index (χ3n) is 3.92. The van der Waals surface area contributed by atoms with E-state index >= 15 is 0 Å². The van der Waals surface area contributed by atoms with Crippen LogP contribution >= 0.6 is 11.3 Å². The quantitative estimate of drug-likeness (QED) is 0.581. The minimum Gasteiger partial charge on any atom is -0.463 e. The normalized spacial score (nSPS) is 11.4. The van der Waals surface area contributed by atoms with Gasteiger partial charge in [-0.3, -0.25) is 10.1 Å². The Kier molecular flexibility index (Phi) is 4.04. The number of carbonyl (C=O) groups is 1. The van der Waals surface area contributed by atoms with Gasteiger partial charge in [-0.05, 0) is 39.0 Å². The Bertz CT molecular complexity index is 1080. The van der Waals surface area contributed by atoms with Crippen molar-refractivity contribution >= 4 is 33.4 Å². The fourth-order valence-electron chi connectivity index (χ4n) is 2.71. The standard InChI is InChI=1S/C18H17N5O2S/c1-10(2)23-16-13(9-20-23)12(7-14(21-16)15-5-4-6-25-15)17(24)22-18-19-8-11(3)26-18/h4-10H,1-3H3,(H,19,22,24). The van der Waals surface area contributed by atoms with Crippen LogP contribution in [0.15, 0.2) is 41.3 Å².